The molecule has 27 heavy (non-hydrogen) atoms. The first-order valence-electron chi connectivity index (χ1n) is 10.2. The molecule has 1 aromatic carbocycles. The van der Waals surface area contributed by atoms with Crippen molar-refractivity contribution in [3.8, 4) is 11.4 Å². The number of hydrogen-bond donors (Lipinski definition) is 2. The van der Waals surface area contributed by atoms with Crippen molar-refractivity contribution >= 4 is 11.6 Å². The van der Waals surface area contributed by atoms with Crippen molar-refractivity contribution in [2.24, 2.45) is 11.1 Å². The molecule has 2 heterocycles. The molecule has 1 aliphatic carbocycles. The van der Waals surface area contributed by atoms with Crippen LogP contribution in [0.4, 0.5) is 5.69 Å². The Morgan fingerprint density at radius 2 is 1.85 bits per heavy atom. The maximum absolute atomic E-state index is 12.6. The number of carbonyl (C=O) groups excluding carboxylic acids is 1. The van der Waals surface area contributed by atoms with Crippen molar-refractivity contribution in [2.75, 3.05) is 11.9 Å². The fourth-order valence-corrected chi connectivity index (χ4v) is 4.53. The summed E-state index contributed by atoms with van der Waals surface area (Å²) in [7, 11) is 0. The first-order valence-corrected chi connectivity index (χ1v) is 10.2. The molecule has 6 heteroatoms. The van der Waals surface area contributed by atoms with Gasteiger partial charge in [-0.25, -0.2) is 0 Å². The Labute approximate surface area is 160 Å². The highest BCUT2D eigenvalue weighted by molar-refractivity contribution is 5.91. The second-order valence-electron chi connectivity index (χ2n) is 8.12. The number of fused-ring (bicyclic) bond motifs is 1. The Balaban J connectivity index is 1.42. The van der Waals surface area contributed by atoms with Crippen LogP contribution >= 0.6 is 0 Å². The Hall–Kier alpha value is -2.21. The SMILES string of the molecule is NCC1(CC(=O)Nc2ccc(-c3nnc4n3CCCC4)cc2)CCCCC1. The summed E-state index contributed by atoms with van der Waals surface area (Å²) >= 11 is 0. The van der Waals surface area contributed by atoms with Crippen LogP contribution in [0.1, 0.15) is 57.2 Å². The number of hydrogen-bond acceptors (Lipinski definition) is 4. The average molecular weight is 367 g/mol. The Bertz CT molecular complexity index is 789. The topological polar surface area (TPSA) is 85.8 Å². The first-order chi connectivity index (χ1) is 13.2. The highest BCUT2D eigenvalue weighted by Crippen LogP contribution is 2.38. The van der Waals surface area contributed by atoms with E-state index in [1.165, 1.54) is 32.1 Å². The molecule has 0 spiro atoms. The minimum Gasteiger partial charge on any atom is -0.330 e. The molecule has 1 aliphatic heterocycles. The van der Waals surface area contributed by atoms with Crippen LogP contribution in [0.3, 0.4) is 0 Å². The lowest BCUT2D eigenvalue weighted by atomic mass is 9.71. The zero-order chi connectivity index (χ0) is 18.7. The number of nitrogens with one attached hydrogen (secondary N) is 1. The number of carbonyl (C=O) groups is 1. The number of rotatable bonds is 5. The van der Waals surface area contributed by atoms with E-state index in [4.69, 9.17) is 5.73 Å². The number of aryl methyl sites for hydroxylation is 1. The third-order valence-electron chi connectivity index (χ3n) is 6.17. The average Bonchev–Trinajstić information content (AvgIpc) is 3.13. The normalized spacial score (nSPS) is 18.7. The molecule has 4 rings (SSSR count). The maximum atomic E-state index is 12.6. The van der Waals surface area contributed by atoms with Crippen molar-refractivity contribution < 1.29 is 4.79 Å². The third kappa shape index (κ3) is 3.90. The van der Waals surface area contributed by atoms with Crippen molar-refractivity contribution in [3.63, 3.8) is 0 Å². The van der Waals surface area contributed by atoms with E-state index in [1.807, 2.05) is 24.3 Å². The van der Waals surface area contributed by atoms with Crippen molar-refractivity contribution in [2.45, 2.75) is 64.3 Å². The van der Waals surface area contributed by atoms with Crippen LogP contribution in [-0.4, -0.2) is 27.2 Å². The molecule has 1 fully saturated rings. The van der Waals surface area contributed by atoms with Crippen molar-refractivity contribution in [3.05, 3.63) is 30.1 Å². The predicted molar refractivity (Wildman–Crippen MR) is 106 cm³/mol. The second kappa shape index (κ2) is 7.80. The van der Waals surface area contributed by atoms with Gasteiger partial charge in [0.15, 0.2) is 5.82 Å². The van der Waals surface area contributed by atoms with Gasteiger partial charge >= 0.3 is 0 Å². The molecule has 2 aromatic rings. The highest BCUT2D eigenvalue weighted by atomic mass is 16.1. The first kappa shape index (κ1) is 18.2. The molecular weight excluding hydrogens is 338 g/mol. The molecule has 0 radical (unpaired) electrons. The number of anilines is 1. The largest absolute Gasteiger partial charge is 0.330 e. The second-order valence-corrected chi connectivity index (χ2v) is 8.12. The van der Waals surface area contributed by atoms with Crippen LogP contribution < -0.4 is 11.1 Å². The lowest BCUT2D eigenvalue weighted by Gasteiger charge is -2.35. The molecule has 2 aliphatic rings. The van der Waals surface area contributed by atoms with Crippen LogP contribution in [0.25, 0.3) is 11.4 Å². The smallest absolute Gasteiger partial charge is 0.224 e. The molecule has 6 nitrogen and oxygen atoms in total. The lowest BCUT2D eigenvalue weighted by Crippen LogP contribution is -2.36. The van der Waals surface area contributed by atoms with E-state index in [9.17, 15) is 4.79 Å². The van der Waals surface area contributed by atoms with Gasteiger partial charge in [-0.3, -0.25) is 4.79 Å². The van der Waals surface area contributed by atoms with Gasteiger partial charge in [-0.1, -0.05) is 19.3 Å². The van der Waals surface area contributed by atoms with Gasteiger partial charge in [-0.05, 0) is 61.9 Å². The Morgan fingerprint density at radius 1 is 1.07 bits per heavy atom. The van der Waals surface area contributed by atoms with Crippen LogP contribution in [-0.2, 0) is 17.8 Å². The lowest BCUT2D eigenvalue weighted by molar-refractivity contribution is -0.118. The van der Waals surface area contributed by atoms with Crippen LogP contribution in [0.5, 0.6) is 0 Å². The van der Waals surface area contributed by atoms with Gasteiger partial charge in [0.25, 0.3) is 0 Å². The van der Waals surface area contributed by atoms with Crippen molar-refractivity contribution in [1.29, 1.82) is 0 Å². The van der Waals surface area contributed by atoms with Gasteiger partial charge in [0, 0.05) is 30.6 Å². The monoisotopic (exact) mass is 367 g/mol. The molecule has 0 unspecified atom stereocenters. The number of aromatic nitrogens is 3. The molecule has 144 valence electrons. The van der Waals surface area contributed by atoms with E-state index >= 15 is 0 Å². The van der Waals surface area contributed by atoms with E-state index in [0.717, 1.165) is 48.7 Å². The van der Waals surface area contributed by atoms with Crippen LogP contribution in [0.15, 0.2) is 24.3 Å². The van der Waals surface area contributed by atoms with Gasteiger partial charge in [-0.15, -0.1) is 10.2 Å². The number of nitrogens with zero attached hydrogens (tertiary/aromatic N) is 3. The summed E-state index contributed by atoms with van der Waals surface area (Å²) in [5.74, 6) is 2.06. The van der Waals surface area contributed by atoms with E-state index in [2.05, 4.69) is 20.1 Å². The standard InChI is InChI=1S/C21H29N5O/c22-15-21(11-3-1-4-12-21)14-19(27)23-17-9-7-16(8-10-17)20-25-24-18-6-2-5-13-26(18)20/h7-10H,1-6,11-15,22H2,(H,23,27). The quantitative estimate of drug-likeness (QED) is 0.847. The highest BCUT2D eigenvalue weighted by Gasteiger charge is 2.32. The Kier molecular flexibility index (Phi) is 5.25. The minimum absolute atomic E-state index is 0.0111. The number of benzene rings is 1. The summed E-state index contributed by atoms with van der Waals surface area (Å²) in [6.45, 7) is 1.58. The summed E-state index contributed by atoms with van der Waals surface area (Å²) in [6.07, 6.45) is 9.64. The third-order valence-corrected chi connectivity index (χ3v) is 6.17. The van der Waals surface area contributed by atoms with E-state index in [1.54, 1.807) is 0 Å². The molecule has 1 aromatic heterocycles. The fraction of sp³-hybridized carbons (Fsp3) is 0.571. The molecular formula is C21H29N5O. The molecule has 0 bridgehead atoms. The fourth-order valence-electron chi connectivity index (χ4n) is 4.53. The summed E-state index contributed by atoms with van der Waals surface area (Å²) in [6, 6.07) is 7.93. The number of amides is 1. The molecule has 0 atom stereocenters. The van der Waals surface area contributed by atoms with E-state index in [-0.39, 0.29) is 11.3 Å². The molecule has 1 saturated carbocycles. The predicted octanol–water partition coefficient (Wildman–Crippen LogP) is 3.52. The summed E-state index contributed by atoms with van der Waals surface area (Å²) in [5.41, 5.74) is 7.87. The van der Waals surface area contributed by atoms with Crippen LogP contribution in [0, 0.1) is 5.41 Å². The summed E-state index contributed by atoms with van der Waals surface area (Å²) in [4.78, 5) is 12.6. The number of nitrogens with two attached hydrogens (primary N) is 1. The Morgan fingerprint density at radius 3 is 2.59 bits per heavy atom. The maximum Gasteiger partial charge on any atom is 0.224 e. The molecule has 3 N–H and O–H groups in total. The van der Waals surface area contributed by atoms with Gasteiger partial charge in [0.05, 0.1) is 0 Å². The van der Waals surface area contributed by atoms with E-state index in [0.29, 0.717) is 13.0 Å². The van der Waals surface area contributed by atoms with Gasteiger partial charge in [-0.2, -0.15) is 0 Å². The summed E-state index contributed by atoms with van der Waals surface area (Å²) < 4.78 is 2.21. The minimum atomic E-state index is -0.0111. The molecule has 0 saturated heterocycles. The van der Waals surface area contributed by atoms with E-state index < -0.39 is 0 Å². The zero-order valence-corrected chi connectivity index (χ0v) is 15.9. The van der Waals surface area contributed by atoms with Gasteiger partial charge in [0.2, 0.25) is 5.91 Å². The zero-order valence-electron chi connectivity index (χ0n) is 15.9. The van der Waals surface area contributed by atoms with Gasteiger partial charge < -0.3 is 15.6 Å². The van der Waals surface area contributed by atoms with Crippen molar-refractivity contribution in [1.82, 2.24) is 14.8 Å². The molecule has 1 amide bonds. The van der Waals surface area contributed by atoms with Crippen LogP contribution in [0.2, 0.25) is 0 Å². The summed E-state index contributed by atoms with van der Waals surface area (Å²) in [5, 5.41) is 11.7. The van der Waals surface area contributed by atoms with Gasteiger partial charge in [0.1, 0.15) is 5.82 Å².